The summed E-state index contributed by atoms with van der Waals surface area (Å²) in [4.78, 5) is 0. The van der Waals surface area contributed by atoms with Crippen LogP contribution < -0.4 is 5.32 Å². The summed E-state index contributed by atoms with van der Waals surface area (Å²) in [6.07, 6.45) is 1.74. The van der Waals surface area contributed by atoms with Crippen molar-refractivity contribution in [2.24, 2.45) is 5.92 Å². The van der Waals surface area contributed by atoms with E-state index >= 15 is 0 Å². The maximum atomic E-state index is 5.94. The summed E-state index contributed by atoms with van der Waals surface area (Å²) >= 11 is 5.94. The zero-order chi connectivity index (χ0) is 13.8. The fourth-order valence-electron chi connectivity index (χ4n) is 2.20. The van der Waals surface area contributed by atoms with Crippen molar-refractivity contribution in [1.82, 2.24) is 5.32 Å². The maximum Gasteiger partial charge on any atom is 0.120 e. The van der Waals surface area contributed by atoms with Gasteiger partial charge in [-0.3, -0.25) is 0 Å². The molecule has 2 aromatic rings. The van der Waals surface area contributed by atoms with Gasteiger partial charge in [0.15, 0.2) is 0 Å². The van der Waals surface area contributed by atoms with E-state index in [9.17, 15) is 0 Å². The number of hydrogen-bond donors (Lipinski definition) is 1. The van der Waals surface area contributed by atoms with E-state index in [2.05, 4.69) is 38.2 Å². The molecule has 0 aliphatic heterocycles. The van der Waals surface area contributed by atoms with Gasteiger partial charge in [0.25, 0.3) is 0 Å². The van der Waals surface area contributed by atoms with Crippen molar-refractivity contribution in [3.63, 3.8) is 0 Å². The van der Waals surface area contributed by atoms with Crippen LogP contribution in [0.4, 0.5) is 0 Å². The first-order valence-electron chi connectivity index (χ1n) is 6.59. The molecule has 0 fully saturated rings. The van der Waals surface area contributed by atoms with Crippen LogP contribution in [0, 0.1) is 12.8 Å². The van der Waals surface area contributed by atoms with E-state index in [0.717, 1.165) is 17.3 Å². The molecule has 102 valence electrons. The van der Waals surface area contributed by atoms with Crippen LogP contribution in [0.15, 0.2) is 41.0 Å². The maximum absolute atomic E-state index is 5.94. The molecule has 3 heteroatoms. The van der Waals surface area contributed by atoms with Crippen LogP contribution in [-0.2, 0) is 6.54 Å². The van der Waals surface area contributed by atoms with Gasteiger partial charge in [-0.1, -0.05) is 37.6 Å². The lowest BCUT2D eigenvalue weighted by Crippen LogP contribution is -2.25. The van der Waals surface area contributed by atoms with Crippen molar-refractivity contribution in [2.75, 3.05) is 0 Å². The normalized spacial score (nSPS) is 12.9. The third kappa shape index (κ3) is 3.62. The predicted molar refractivity (Wildman–Crippen MR) is 79.3 cm³/mol. The number of hydrogen-bond acceptors (Lipinski definition) is 2. The van der Waals surface area contributed by atoms with Crippen LogP contribution >= 0.6 is 11.6 Å². The monoisotopic (exact) mass is 277 g/mol. The Morgan fingerprint density at radius 2 is 1.84 bits per heavy atom. The van der Waals surface area contributed by atoms with Gasteiger partial charge in [0.1, 0.15) is 5.76 Å². The minimum Gasteiger partial charge on any atom is -0.468 e. The molecule has 1 aromatic heterocycles. The number of aryl methyl sites for hydroxylation is 1. The Morgan fingerprint density at radius 1 is 1.16 bits per heavy atom. The summed E-state index contributed by atoms with van der Waals surface area (Å²) in [6.45, 7) is 7.22. The van der Waals surface area contributed by atoms with E-state index in [1.54, 1.807) is 6.26 Å². The van der Waals surface area contributed by atoms with Crippen molar-refractivity contribution in [1.29, 1.82) is 0 Å². The van der Waals surface area contributed by atoms with E-state index in [-0.39, 0.29) is 0 Å². The van der Waals surface area contributed by atoms with E-state index < -0.39 is 0 Å². The second-order valence-electron chi connectivity index (χ2n) is 5.18. The summed E-state index contributed by atoms with van der Waals surface area (Å²) in [5, 5.41) is 4.33. The molecule has 1 N–H and O–H groups in total. The number of nitrogens with one attached hydrogen (secondary N) is 1. The first kappa shape index (κ1) is 14.2. The van der Waals surface area contributed by atoms with Crippen LogP contribution in [0.1, 0.15) is 36.8 Å². The molecular weight excluding hydrogens is 258 g/mol. The Balaban J connectivity index is 2.08. The van der Waals surface area contributed by atoms with Crippen LogP contribution in [0.5, 0.6) is 0 Å². The van der Waals surface area contributed by atoms with Crippen LogP contribution in [-0.4, -0.2) is 0 Å². The third-order valence-electron chi connectivity index (χ3n) is 3.35. The second-order valence-corrected chi connectivity index (χ2v) is 5.62. The average Bonchev–Trinajstić information content (AvgIpc) is 2.77. The molecule has 0 spiro atoms. The zero-order valence-corrected chi connectivity index (χ0v) is 12.4. The Bertz CT molecular complexity index is 516. The zero-order valence-electron chi connectivity index (χ0n) is 11.6. The summed E-state index contributed by atoms with van der Waals surface area (Å²) in [6, 6.07) is 10.3. The van der Waals surface area contributed by atoms with Crippen molar-refractivity contribution in [3.05, 3.63) is 58.5 Å². The largest absolute Gasteiger partial charge is 0.468 e. The molecule has 0 aliphatic rings. The van der Waals surface area contributed by atoms with Gasteiger partial charge in [-0.25, -0.2) is 0 Å². The molecular formula is C16H20ClNO. The van der Waals surface area contributed by atoms with E-state index in [1.165, 1.54) is 11.1 Å². The number of halogens is 1. The summed E-state index contributed by atoms with van der Waals surface area (Å²) < 4.78 is 5.47. The minimum absolute atomic E-state index is 0.293. The van der Waals surface area contributed by atoms with E-state index in [4.69, 9.17) is 16.0 Å². The molecule has 1 heterocycles. The fourth-order valence-corrected chi connectivity index (χ4v) is 2.32. The molecule has 2 nitrogen and oxygen atoms in total. The summed E-state index contributed by atoms with van der Waals surface area (Å²) in [5.41, 5.74) is 2.44. The van der Waals surface area contributed by atoms with Crippen LogP contribution in [0.3, 0.4) is 0 Å². The van der Waals surface area contributed by atoms with Gasteiger partial charge in [-0.05, 0) is 42.2 Å². The lowest BCUT2D eigenvalue weighted by molar-refractivity contribution is 0.383. The highest BCUT2D eigenvalue weighted by atomic mass is 35.5. The average molecular weight is 278 g/mol. The van der Waals surface area contributed by atoms with E-state index in [0.29, 0.717) is 12.0 Å². The summed E-state index contributed by atoms with van der Waals surface area (Å²) in [5.74, 6) is 1.50. The van der Waals surface area contributed by atoms with Gasteiger partial charge in [-0.2, -0.15) is 0 Å². The first-order valence-corrected chi connectivity index (χ1v) is 6.97. The van der Waals surface area contributed by atoms with Crippen molar-refractivity contribution in [2.45, 2.75) is 33.4 Å². The topological polar surface area (TPSA) is 25.2 Å². The molecule has 0 aliphatic carbocycles. The van der Waals surface area contributed by atoms with Gasteiger partial charge >= 0.3 is 0 Å². The second kappa shape index (κ2) is 6.27. The quantitative estimate of drug-likeness (QED) is 0.855. The molecule has 0 amide bonds. The minimum atomic E-state index is 0.293. The predicted octanol–water partition coefficient (Wildman–Crippen LogP) is 4.73. The number of benzene rings is 1. The number of furan rings is 1. The Hall–Kier alpha value is -1.25. The molecule has 1 aromatic carbocycles. The highest BCUT2D eigenvalue weighted by Crippen LogP contribution is 2.24. The molecule has 1 atom stereocenters. The van der Waals surface area contributed by atoms with Gasteiger partial charge in [-0.15, -0.1) is 0 Å². The highest BCUT2D eigenvalue weighted by molar-refractivity contribution is 6.30. The van der Waals surface area contributed by atoms with Crippen LogP contribution in [0.25, 0.3) is 0 Å². The van der Waals surface area contributed by atoms with Crippen LogP contribution in [0.2, 0.25) is 5.02 Å². The molecule has 0 radical (unpaired) electrons. The first-order chi connectivity index (χ1) is 9.08. The molecule has 2 rings (SSSR count). The Kier molecular flexibility index (Phi) is 4.67. The Morgan fingerprint density at radius 3 is 2.37 bits per heavy atom. The standard InChI is InChI=1S/C16H20ClNO/c1-11(2)16(13-4-6-14(17)7-5-13)18-10-15-12(3)8-9-19-15/h4-9,11,16,18H,10H2,1-3H3. The van der Waals surface area contributed by atoms with Crippen molar-refractivity contribution < 1.29 is 4.42 Å². The summed E-state index contributed by atoms with van der Waals surface area (Å²) in [7, 11) is 0. The highest BCUT2D eigenvalue weighted by Gasteiger charge is 2.16. The molecule has 1 unspecified atom stereocenters. The van der Waals surface area contributed by atoms with Gasteiger partial charge in [0.05, 0.1) is 12.8 Å². The lowest BCUT2D eigenvalue weighted by Gasteiger charge is -2.22. The van der Waals surface area contributed by atoms with E-state index in [1.807, 2.05) is 18.2 Å². The molecule has 0 saturated carbocycles. The fraction of sp³-hybridized carbons (Fsp3) is 0.375. The SMILES string of the molecule is Cc1ccoc1CNC(c1ccc(Cl)cc1)C(C)C. The lowest BCUT2D eigenvalue weighted by atomic mass is 9.96. The molecule has 0 saturated heterocycles. The smallest absolute Gasteiger partial charge is 0.120 e. The van der Waals surface area contributed by atoms with Crippen molar-refractivity contribution >= 4 is 11.6 Å². The molecule has 0 bridgehead atoms. The Labute approximate surface area is 119 Å². The van der Waals surface area contributed by atoms with Gasteiger partial charge in [0, 0.05) is 11.1 Å². The molecule has 19 heavy (non-hydrogen) atoms. The number of rotatable bonds is 5. The third-order valence-corrected chi connectivity index (χ3v) is 3.60. The van der Waals surface area contributed by atoms with Crippen molar-refractivity contribution in [3.8, 4) is 0 Å². The van der Waals surface area contributed by atoms with Gasteiger partial charge < -0.3 is 9.73 Å². The van der Waals surface area contributed by atoms with Gasteiger partial charge in [0.2, 0.25) is 0 Å².